The fraction of sp³-hybridized carbons (Fsp3) is 0.333. The highest BCUT2D eigenvalue weighted by Crippen LogP contribution is 3.02. The monoisotopic (exact) mass is 276 g/mol. The molecule has 1 aliphatic heterocycles. The van der Waals surface area contributed by atoms with E-state index in [0.717, 1.165) is 12.1 Å². The van der Waals surface area contributed by atoms with Crippen LogP contribution in [0.15, 0.2) is 29.2 Å². The van der Waals surface area contributed by atoms with Gasteiger partial charge in [-0.05, 0) is 24.3 Å². The van der Waals surface area contributed by atoms with Gasteiger partial charge in [-0.15, -0.1) is 0 Å². The quantitative estimate of drug-likeness (QED) is 0.609. The third kappa shape index (κ3) is 3.47. The number of benzene rings is 1. The molecule has 0 amide bonds. The number of rotatable bonds is 4. The van der Waals surface area contributed by atoms with Gasteiger partial charge in [-0.2, -0.15) is 0 Å². The van der Waals surface area contributed by atoms with E-state index in [2.05, 4.69) is 0 Å². The van der Waals surface area contributed by atoms with E-state index in [0.29, 0.717) is 18.7 Å². The minimum absolute atomic E-state index is 0.0507. The molecule has 17 heavy (non-hydrogen) atoms. The Hall–Kier alpha value is -1.02. The van der Waals surface area contributed by atoms with Gasteiger partial charge in [0, 0.05) is 0 Å². The molecule has 1 aromatic carbocycles. The van der Waals surface area contributed by atoms with E-state index in [-0.39, 0.29) is 18.5 Å². The van der Waals surface area contributed by atoms with Crippen LogP contribution in [0.3, 0.4) is 0 Å². The predicted octanol–water partition coefficient (Wildman–Crippen LogP) is 4.12. The molecule has 0 spiro atoms. The van der Waals surface area contributed by atoms with Gasteiger partial charge in [-0.3, -0.25) is 0 Å². The largest absolute Gasteiger partial charge is 0.491 e. The maximum absolute atomic E-state index is 12.3. The summed E-state index contributed by atoms with van der Waals surface area (Å²) in [4.78, 5) is -1.92. The first-order valence-corrected chi connectivity index (χ1v) is 6.58. The summed E-state index contributed by atoms with van der Waals surface area (Å²) in [6, 6.07) is 2.39. The zero-order valence-corrected chi connectivity index (χ0v) is 9.23. The molecule has 1 aliphatic rings. The lowest BCUT2D eigenvalue weighted by Crippen LogP contribution is -2.07. The summed E-state index contributed by atoms with van der Waals surface area (Å²) in [7, 11) is -9.57. The van der Waals surface area contributed by atoms with Crippen LogP contribution in [0.4, 0.5) is 19.4 Å². The van der Waals surface area contributed by atoms with Gasteiger partial charge < -0.3 is 9.47 Å². The maximum atomic E-state index is 12.3. The zero-order chi connectivity index (χ0) is 12.8. The molecule has 1 heterocycles. The van der Waals surface area contributed by atoms with Crippen LogP contribution in [0.2, 0.25) is 0 Å². The van der Waals surface area contributed by atoms with Gasteiger partial charge in [0.1, 0.15) is 23.4 Å². The maximum Gasteiger partial charge on any atom is 0.310 e. The van der Waals surface area contributed by atoms with E-state index in [9.17, 15) is 19.4 Å². The molecular weight excluding hydrogens is 267 g/mol. The van der Waals surface area contributed by atoms with Crippen LogP contribution in [0.5, 0.6) is 5.75 Å². The average molecular weight is 276 g/mol. The van der Waals surface area contributed by atoms with Gasteiger partial charge in [-0.1, -0.05) is 19.4 Å². The second-order valence-corrected chi connectivity index (χ2v) is 6.12. The predicted molar refractivity (Wildman–Crippen MR) is 53.1 cm³/mol. The van der Waals surface area contributed by atoms with E-state index in [1.165, 1.54) is 0 Å². The van der Waals surface area contributed by atoms with Crippen molar-refractivity contribution in [3.63, 3.8) is 0 Å². The summed E-state index contributed by atoms with van der Waals surface area (Å²) in [5.74, 6) is 0.103. The Morgan fingerprint density at radius 2 is 1.65 bits per heavy atom. The molecule has 1 atom stereocenters. The Morgan fingerprint density at radius 1 is 1.12 bits per heavy atom. The van der Waals surface area contributed by atoms with Crippen molar-refractivity contribution in [2.45, 2.75) is 11.0 Å². The Kier molecular flexibility index (Phi) is 2.23. The summed E-state index contributed by atoms with van der Waals surface area (Å²) in [6.07, 6.45) is -0.0507. The molecule has 2 rings (SSSR count). The van der Waals surface area contributed by atoms with Gasteiger partial charge >= 0.3 is 10.2 Å². The number of hydrogen-bond acceptors (Lipinski definition) is 2. The first kappa shape index (κ1) is 12.4. The van der Waals surface area contributed by atoms with Gasteiger partial charge in [0.25, 0.3) is 0 Å². The molecule has 0 N–H and O–H groups in total. The van der Waals surface area contributed by atoms with Crippen LogP contribution in [0, 0.1) is 0 Å². The van der Waals surface area contributed by atoms with Gasteiger partial charge in [0.05, 0.1) is 6.61 Å². The van der Waals surface area contributed by atoms with Crippen molar-refractivity contribution in [3.8, 4) is 5.75 Å². The molecule has 0 bridgehead atoms. The van der Waals surface area contributed by atoms with E-state index in [4.69, 9.17) is 9.47 Å². The lowest BCUT2D eigenvalue weighted by Gasteiger charge is -2.40. The van der Waals surface area contributed by atoms with E-state index >= 15 is 0 Å². The number of hydrogen-bond donors (Lipinski definition) is 0. The molecule has 2 nitrogen and oxygen atoms in total. The normalized spacial score (nSPS) is 23.7. The van der Waals surface area contributed by atoms with Crippen LogP contribution in [-0.2, 0) is 4.74 Å². The molecule has 1 fully saturated rings. The van der Waals surface area contributed by atoms with Crippen LogP contribution in [-0.4, -0.2) is 19.3 Å². The highest BCUT2D eigenvalue weighted by atomic mass is 32.5. The number of epoxide rings is 1. The SMILES string of the molecule is FS(F)(F)(F)(F)c1ccc(OCC2CO2)cc1. The van der Waals surface area contributed by atoms with Crippen molar-refractivity contribution in [2.75, 3.05) is 13.2 Å². The van der Waals surface area contributed by atoms with Gasteiger partial charge in [0.2, 0.25) is 0 Å². The number of ether oxygens (including phenoxy) is 2. The molecule has 0 radical (unpaired) electrons. The standard InChI is InChI=1S/C9H9F5O2S/c10-17(11,12,13,14)9-3-1-7(2-4-9)15-5-8-6-16-8/h1-4,8H,5-6H2. The summed E-state index contributed by atoms with van der Waals surface area (Å²) < 4.78 is 71.6. The van der Waals surface area contributed by atoms with Crippen molar-refractivity contribution in [1.82, 2.24) is 0 Å². The van der Waals surface area contributed by atoms with Crippen molar-refractivity contribution < 1.29 is 28.9 Å². The second kappa shape index (κ2) is 3.05. The summed E-state index contributed by atoms with van der Waals surface area (Å²) in [5.41, 5.74) is 0. The van der Waals surface area contributed by atoms with Crippen LogP contribution in [0.25, 0.3) is 0 Å². The highest BCUT2D eigenvalue weighted by molar-refractivity contribution is 8.45. The van der Waals surface area contributed by atoms with Crippen LogP contribution < -0.4 is 4.74 Å². The summed E-state index contributed by atoms with van der Waals surface area (Å²) >= 11 is 0. The minimum atomic E-state index is -9.57. The first-order valence-electron chi connectivity index (χ1n) is 4.63. The van der Waals surface area contributed by atoms with E-state index in [1.807, 2.05) is 0 Å². The topological polar surface area (TPSA) is 21.8 Å². The molecule has 1 aromatic rings. The van der Waals surface area contributed by atoms with Crippen molar-refractivity contribution >= 4 is 10.2 Å². The van der Waals surface area contributed by atoms with Crippen molar-refractivity contribution in [2.24, 2.45) is 0 Å². The average Bonchev–Trinajstić information content (AvgIpc) is 2.95. The summed E-state index contributed by atoms with van der Waals surface area (Å²) in [5, 5.41) is 0. The smallest absolute Gasteiger partial charge is 0.310 e. The Balaban J connectivity index is 2.12. The Bertz CT molecular complexity index is 422. The van der Waals surface area contributed by atoms with Crippen molar-refractivity contribution in [1.29, 1.82) is 0 Å². The highest BCUT2D eigenvalue weighted by Gasteiger charge is 2.65. The Morgan fingerprint density at radius 3 is 2.06 bits per heavy atom. The van der Waals surface area contributed by atoms with Crippen LogP contribution >= 0.6 is 10.2 Å². The second-order valence-electron chi connectivity index (χ2n) is 3.71. The Labute approximate surface area is 94.0 Å². The van der Waals surface area contributed by atoms with Gasteiger partial charge in [-0.25, -0.2) is 0 Å². The number of halogens is 5. The van der Waals surface area contributed by atoms with E-state index < -0.39 is 15.1 Å². The first-order chi connectivity index (χ1) is 7.54. The lowest BCUT2D eigenvalue weighted by molar-refractivity contribution is 0.263. The van der Waals surface area contributed by atoms with Crippen molar-refractivity contribution in [3.05, 3.63) is 24.3 Å². The van der Waals surface area contributed by atoms with E-state index in [1.54, 1.807) is 0 Å². The third-order valence-electron chi connectivity index (χ3n) is 2.11. The molecule has 0 saturated carbocycles. The third-order valence-corrected chi connectivity index (χ3v) is 3.27. The fourth-order valence-corrected chi connectivity index (χ4v) is 1.80. The molecule has 0 aliphatic carbocycles. The van der Waals surface area contributed by atoms with Gasteiger partial charge in [0.15, 0.2) is 0 Å². The molecule has 98 valence electrons. The molecule has 8 heteroatoms. The molecular formula is C9H9F5O2S. The minimum Gasteiger partial charge on any atom is -0.491 e. The summed E-state index contributed by atoms with van der Waals surface area (Å²) in [6.45, 7) is 0.749. The lowest BCUT2D eigenvalue weighted by atomic mass is 10.3. The fourth-order valence-electron chi connectivity index (χ4n) is 1.15. The molecule has 1 saturated heterocycles. The zero-order valence-electron chi connectivity index (χ0n) is 8.42. The molecule has 0 aromatic heterocycles. The van der Waals surface area contributed by atoms with Crippen LogP contribution in [0.1, 0.15) is 0 Å². The molecule has 1 unspecified atom stereocenters.